The van der Waals surface area contributed by atoms with Gasteiger partial charge < -0.3 is 14.8 Å². The maximum absolute atomic E-state index is 12.3. The van der Waals surface area contributed by atoms with E-state index in [2.05, 4.69) is 0 Å². The average molecular weight is 261 g/mol. The van der Waals surface area contributed by atoms with E-state index in [1.54, 1.807) is 32.0 Å². The predicted molar refractivity (Wildman–Crippen MR) is 71.7 cm³/mol. The zero-order valence-corrected chi connectivity index (χ0v) is 10.8. The smallest absolute Gasteiger partial charge is 0.336 e. The fourth-order valence-corrected chi connectivity index (χ4v) is 2.17. The molecule has 0 fully saturated rings. The van der Waals surface area contributed by atoms with Crippen LogP contribution in [0.15, 0.2) is 29.2 Å². The monoisotopic (exact) mass is 261 g/mol. The molecule has 2 N–H and O–H groups in total. The molecule has 2 rings (SSSR count). The Morgan fingerprint density at radius 2 is 2.00 bits per heavy atom. The Bertz CT molecular complexity index is 702. The van der Waals surface area contributed by atoms with E-state index in [1.807, 2.05) is 0 Å². The minimum absolute atomic E-state index is 0.150. The highest BCUT2D eigenvalue weighted by atomic mass is 16.4. The average Bonchev–Trinajstić information content (AvgIpc) is 2.37. The number of carboxylic acid groups (broad SMARTS) is 1. The molecule has 2 aromatic rings. The summed E-state index contributed by atoms with van der Waals surface area (Å²) >= 11 is 0. The number of pyridine rings is 1. The highest BCUT2D eigenvalue weighted by Crippen LogP contribution is 2.20. The SMILES string of the molecule is Cc1ccc2c(=O)n([C@H](C)CO)ccc2c1C(=O)O. The fraction of sp³-hybridized carbons (Fsp3) is 0.286. The van der Waals surface area contributed by atoms with Gasteiger partial charge >= 0.3 is 5.97 Å². The molecule has 19 heavy (non-hydrogen) atoms. The second-order valence-corrected chi connectivity index (χ2v) is 4.58. The van der Waals surface area contributed by atoms with Crippen molar-refractivity contribution >= 4 is 16.7 Å². The van der Waals surface area contributed by atoms with Crippen LogP contribution in [0.25, 0.3) is 10.8 Å². The molecule has 0 spiro atoms. The number of aryl methyl sites for hydroxylation is 1. The third-order valence-electron chi connectivity index (χ3n) is 3.27. The standard InChI is InChI=1S/C14H15NO4/c1-8-3-4-11-10(12(8)14(18)19)5-6-15(13(11)17)9(2)7-16/h3-6,9,16H,7H2,1-2H3,(H,18,19)/t9-/m1/s1. The zero-order chi connectivity index (χ0) is 14.2. The quantitative estimate of drug-likeness (QED) is 0.878. The van der Waals surface area contributed by atoms with Crippen molar-refractivity contribution in [2.45, 2.75) is 19.9 Å². The van der Waals surface area contributed by atoms with Crippen LogP contribution in [0.2, 0.25) is 0 Å². The number of aliphatic hydroxyl groups excluding tert-OH is 1. The summed E-state index contributed by atoms with van der Waals surface area (Å²) in [6.07, 6.45) is 1.53. The largest absolute Gasteiger partial charge is 0.478 e. The number of aliphatic hydroxyl groups is 1. The maximum Gasteiger partial charge on any atom is 0.336 e. The molecule has 1 aromatic heterocycles. The predicted octanol–water partition coefficient (Wildman–Crippen LogP) is 1.56. The molecule has 0 radical (unpaired) electrons. The van der Waals surface area contributed by atoms with Gasteiger partial charge in [-0.2, -0.15) is 0 Å². The molecular formula is C14H15NO4. The molecule has 0 aliphatic rings. The van der Waals surface area contributed by atoms with Gasteiger partial charge in [0.2, 0.25) is 0 Å². The normalized spacial score (nSPS) is 12.6. The summed E-state index contributed by atoms with van der Waals surface area (Å²) in [6.45, 7) is 3.27. The van der Waals surface area contributed by atoms with Gasteiger partial charge in [0, 0.05) is 17.0 Å². The van der Waals surface area contributed by atoms with Crippen LogP contribution in [0.1, 0.15) is 28.9 Å². The number of carboxylic acids is 1. The van der Waals surface area contributed by atoms with Crippen molar-refractivity contribution in [3.05, 3.63) is 45.9 Å². The lowest BCUT2D eigenvalue weighted by molar-refractivity contribution is 0.0698. The first-order chi connectivity index (χ1) is 8.97. The minimum Gasteiger partial charge on any atom is -0.478 e. The van der Waals surface area contributed by atoms with Gasteiger partial charge in [-0.05, 0) is 31.5 Å². The van der Waals surface area contributed by atoms with Crippen LogP contribution >= 0.6 is 0 Å². The number of nitrogens with zero attached hydrogens (tertiary/aromatic N) is 1. The highest BCUT2D eigenvalue weighted by Gasteiger charge is 2.15. The van der Waals surface area contributed by atoms with E-state index in [4.69, 9.17) is 5.11 Å². The van der Waals surface area contributed by atoms with Crippen molar-refractivity contribution < 1.29 is 15.0 Å². The second-order valence-electron chi connectivity index (χ2n) is 4.58. The van der Waals surface area contributed by atoms with E-state index < -0.39 is 5.97 Å². The lowest BCUT2D eigenvalue weighted by Gasteiger charge is -2.14. The highest BCUT2D eigenvalue weighted by molar-refractivity contribution is 6.04. The van der Waals surface area contributed by atoms with E-state index in [9.17, 15) is 14.7 Å². The number of aromatic carboxylic acids is 1. The molecule has 1 aromatic carbocycles. The Morgan fingerprint density at radius 1 is 1.32 bits per heavy atom. The molecule has 0 bridgehead atoms. The molecule has 0 amide bonds. The molecule has 0 aliphatic carbocycles. The summed E-state index contributed by atoms with van der Waals surface area (Å²) in [6, 6.07) is 4.52. The van der Waals surface area contributed by atoms with E-state index in [0.29, 0.717) is 16.3 Å². The number of fused-ring (bicyclic) bond motifs is 1. The van der Waals surface area contributed by atoms with Crippen LogP contribution in [0.5, 0.6) is 0 Å². The van der Waals surface area contributed by atoms with Gasteiger partial charge in [-0.15, -0.1) is 0 Å². The van der Waals surface area contributed by atoms with Crippen molar-refractivity contribution in [3.8, 4) is 0 Å². The Labute approximate surface area is 109 Å². The van der Waals surface area contributed by atoms with Crippen LogP contribution < -0.4 is 5.56 Å². The van der Waals surface area contributed by atoms with Gasteiger partial charge in [0.25, 0.3) is 5.56 Å². The molecule has 5 nitrogen and oxygen atoms in total. The van der Waals surface area contributed by atoms with Crippen molar-refractivity contribution in [2.24, 2.45) is 0 Å². The summed E-state index contributed by atoms with van der Waals surface area (Å²) in [5.74, 6) is -1.05. The van der Waals surface area contributed by atoms with Crippen molar-refractivity contribution in [1.82, 2.24) is 4.57 Å². The summed E-state index contributed by atoms with van der Waals surface area (Å²) in [5.41, 5.74) is 0.479. The third-order valence-corrected chi connectivity index (χ3v) is 3.27. The van der Waals surface area contributed by atoms with Crippen LogP contribution in [0.3, 0.4) is 0 Å². The van der Waals surface area contributed by atoms with Gasteiger partial charge in [-0.25, -0.2) is 4.79 Å². The second kappa shape index (κ2) is 4.85. The molecule has 100 valence electrons. The summed E-state index contributed by atoms with van der Waals surface area (Å²) in [7, 11) is 0. The number of rotatable bonds is 3. The molecule has 1 atom stereocenters. The number of hydrogen-bond donors (Lipinski definition) is 2. The van der Waals surface area contributed by atoms with Gasteiger partial charge in [-0.3, -0.25) is 4.79 Å². The Morgan fingerprint density at radius 3 is 2.58 bits per heavy atom. The van der Waals surface area contributed by atoms with Gasteiger partial charge in [0.1, 0.15) is 0 Å². The maximum atomic E-state index is 12.3. The molecule has 5 heteroatoms. The molecule has 0 aliphatic heterocycles. The third kappa shape index (κ3) is 2.13. The summed E-state index contributed by atoms with van der Waals surface area (Å²) in [4.78, 5) is 23.5. The first-order valence-electron chi connectivity index (χ1n) is 5.96. The Hall–Kier alpha value is -2.14. The Kier molecular flexibility index (Phi) is 3.40. The lowest BCUT2D eigenvalue weighted by atomic mass is 10.0. The van der Waals surface area contributed by atoms with E-state index in [1.165, 1.54) is 10.8 Å². The summed E-state index contributed by atoms with van der Waals surface area (Å²) in [5, 5.41) is 19.1. The first kappa shape index (κ1) is 13.3. The summed E-state index contributed by atoms with van der Waals surface area (Å²) < 4.78 is 1.41. The van der Waals surface area contributed by atoms with E-state index in [0.717, 1.165) is 0 Å². The van der Waals surface area contributed by atoms with Crippen LogP contribution in [-0.4, -0.2) is 27.4 Å². The first-order valence-corrected chi connectivity index (χ1v) is 5.96. The van der Waals surface area contributed by atoms with Crippen LogP contribution in [-0.2, 0) is 0 Å². The number of benzene rings is 1. The molecule has 1 heterocycles. The van der Waals surface area contributed by atoms with Crippen molar-refractivity contribution in [2.75, 3.05) is 6.61 Å². The number of aromatic nitrogens is 1. The number of carbonyl (C=O) groups is 1. The van der Waals surface area contributed by atoms with Gasteiger partial charge in [-0.1, -0.05) is 6.07 Å². The van der Waals surface area contributed by atoms with Crippen LogP contribution in [0.4, 0.5) is 0 Å². The van der Waals surface area contributed by atoms with E-state index >= 15 is 0 Å². The minimum atomic E-state index is -1.05. The molecule has 0 unspecified atom stereocenters. The lowest BCUT2D eigenvalue weighted by Crippen LogP contribution is -2.25. The van der Waals surface area contributed by atoms with Crippen molar-refractivity contribution in [3.63, 3.8) is 0 Å². The fourth-order valence-electron chi connectivity index (χ4n) is 2.17. The topological polar surface area (TPSA) is 79.5 Å². The Balaban J connectivity index is 2.83. The van der Waals surface area contributed by atoms with Gasteiger partial charge in [0.15, 0.2) is 0 Å². The van der Waals surface area contributed by atoms with Gasteiger partial charge in [0.05, 0.1) is 18.2 Å². The molecule has 0 saturated heterocycles. The zero-order valence-electron chi connectivity index (χ0n) is 10.8. The van der Waals surface area contributed by atoms with E-state index in [-0.39, 0.29) is 23.8 Å². The molecule has 0 saturated carbocycles. The number of hydrogen-bond acceptors (Lipinski definition) is 3. The van der Waals surface area contributed by atoms with Crippen LogP contribution in [0, 0.1) is 6.92 Å². The van der Waals surface area contributed by atoms with Crippen molar-refractivity contribution in [1.29, 1.82) is 0 Å². The molecular weight excluding hydrogens is 246 g/mol.